The van der Waals surface area contributed by atoms with Crippen LogP contribution in [0, 0.1) is 0 Å². The second-order valence-electron chi connectivity index (χ2n) is 3.89. The zero-order valence-electron chi connectivity index (χ0n) is 8.83. The lowest BCUT2D eigenvalue weighted by molar-refractivity contribution is 0.173. The highest BCUT2D eigenvalue weighted by atomic mass is 35.5. The Morgan fingerprint density at radius 3 is 3.07 bits per heavy atom. The average Bonchev–Trinajstić information content (AvgIpc) is 2.57. The molecule has 1 aliphatic heterocycles. The minimum Gasteiger partial charge on any atom is -0.385 e. The van der Waals surface area contributed by atoms with E-state index in [0.29, 0.717) is 17.4 Å². The summed E-state index contributed by atoms with van der Waals surface area (Å²) >= 11 is 6.19. The van der Waals surface area contributed by atoms with E-state index in [4.69, 9.17) is 11.6 Å². The Morgan fingerprint density at radius 2 is 2.40 bits per heavy atom. The summed E-state index contributed by atoms with van der Waals surface area (Å²) in [5.74, 6) is 1.01. The fourth-order valence-corrected chi connectivity index (χ4v) is 2.32. The lowest BCUT2D eigenvalue weighted by Crippen LogP contribution is -2.17. The first-order chi connectivity index (χ1) is 7.24. The number of aliphatic hydroxyl groups excluding tert-OH is 1. The molecule has 15 heavy (non-hydrogen) atoms. The Morgan fingerprint density at radius 1 is 1.60 bits per heavy atom. The van der Waals surface area contributed by atoms with Crippen LogP contribution in [0.4, 0.5) is 0 Å². The number of likely N-dealkylation sites (N-methyl/N-ethyl adjacent to an activating group) is 1. The van der Waals surface area contributed by atoms with Crippen LogP contribution in [0.3, 0.4) is 0 Å². The third kappa shape index (κ3) is 2.02. The van der Waals surface area contributed by atoms with Crippen LogP contribution >= 0.6 is 11.6 Å². The normalized spacial score (nSPS) is 17.5. The summed E-state index contributed by atoms with van der Waals surface area (Å²) in [5.41, 5.74) is 0.614. The smallest absolute Gasteiger partial charge is 0.134 e. The van der Waals surface area contributed by atoms with E-state index in [0.717, 1.165) is 31.6 Å². The van der Waals surface area contributed by atoms with Gasteiger partial charge in [0, 0.05) is 19.5 Å². The van der Waals surface area contributed by atoms with Gasteiger partial charge in [-0.15, -0.1) is 0 Å². The fourth-order valence-electron chi connectivity index (χ4n) is 1.97. The molecule has 0 aromatic carbocycles. The lowest BCUT2D eigenvalue weighted by Gasteiger charge is -2.13. The van der Waals surface area contributed by atoms with E-state index in [1.807, 2.05) is 4.57 Å². The van der Waals surface area contributed by atoms with Crippen molar-refractivity contribution in [2.75, 3.05) is 13.6 Å². The standard InChI is InChI=1S/C10H16ClN3O/c1-12-6-7(15)9-10(11)14-5-3-2-4-8(14)13-9/h7,12,15H,2-6H2,1H3. The molecule has 1 aromatic heterocycles. The monoisotopic (exact) mass is 229 g/mol. The first-order valence-electron chi connectivity index (χ1n) is 5.31. The largest absolute Gasteiger partial charge is 0.385 e. The Labute approximate surface area is 94.3 Å². The first kappa shape index (κ1) is 10.9. The molecule has 1 atom stereocenters. The molecule has 0 saturated heterocycles. The van der Waals surface area contributed by atoms with Gasteiger partial charge in [-0.05, 0) is 19.9 Å². The molecule has 2 N–H and O–H groups in total. The van der Waals surface area contributed by atoms with Crippen LogP contribution in [0.15, 0.2) is 0 Å². The number of imidazole rings is 1. The van der Waals surface area contributed by atoms with Crippen LogP contribution in [-0.4, -0.2) is 28.3 Å². The number of aliphatic hydroxyl groups is 1. The summed E-state index contributed by atoms with van der Waals surface area (Å²) in [4.78, 5) is 4.41. The van der Waals surface area contributed by atoms with E-state index < -0.39 is 6.10 Å². The van der Waals surface area contributed by atoms with Gasteiger partial charge >= 0.3 is 0 Å². The van der Waals surface area contributed by atoms with Crippen LogP contribution in [0.5, 0.6) is 0 Å². The van der Waals surface area contributed by atoms with E-state index in [2.05, 4.69) is 10.3 Å². The molecule has 4 nitrogen and oxygen atoms in total. The van der Waals surface area contributed by atoms with Gasteiger partial charge in [-0.25, -0.2) is 4.98 Å². The van der Waals surface area contributed by atoms with Gasteiger partial charge in [0.25, 0.3) is 0 Å². The van der Waals surface area contributed by atoms with Crippen LogP contribution in [0.2, 0.25) is 5.15 Å². The Kier molecular flexibility index (Phi) is 3.29. The molecule has 0 spiro atoms. The van der Waals surface area contributed by atoms with Gasteiger partial charge in [0.1, 0.15) is 22.8 Å². The summed E-state index contributed by atoms with van der Waals surface area (Å²) in [7, 11) is 1.80. The van der Waals surface area contributed by atoms with E-state index in [-0.39, 0.29) is 0 Å². The lowest BCUT2D eigenvalue weighted by atomic mass is 10.2. The molecule has 0 saturated carbocycles. The Hall–Kier alpha value is -0.580. The van der Waals surface area contributed by atoms with Crippen molar-refractivity contribution in [3.63, 3.8) is 0 Å². The van der Waals surface area contributed by atoms with Gasteiger partial charge in [0.05, 0.1) is 0 Å². The molecule has 0 amide bonds. The van der Waals surface area contributed by atoms with Gasteiger partial charge in [-0.3, -0.25) is 0 Å². The molecule has 1 aliphatic rings. The molecule has 2 rings (SSSR count). The van der Waals surface area contributed by atoms with Crippen molar-refractivity contribution >= 4 is 11.6 Å². The summed E-state index contributed by atoms with van der Waals surface area (Å²) in [6, 6.07) is 0. The van der Waals surface area contributed by atoms with E-state index in [9.17, 15) is 5.11 Å². The third-order valence-corrected chi connectivity index (χ3v) is 3.15. The second-order valence-corrected chi connectivity index (χ2v) is 4.24. The number of nitrogens with zero attached hydrogens (tertiary/aromatic N) is 2. The maximum absolute atomic E-state index is 9.83. The molecular formula is C10H16ClN3O. The molecule has 0 fully saturated rings. The molecule has 0 aliphatic carbocycles. The minimum atomic E-state index is -0.611. The zero-order valence-corrected chi connectivity index (χ0v) is 9.59. The van der Waals surface area contributed by atoms with E-state index in [1.54, 1.807) is 7.05 Å². The van der Waals surface area contributed by atoms with Crippen LogP contribution < -0.4 is 5.32 Å². The number of fused-ring (bicyclic) bond motifs is 1. The zero-order chi connectivity index (χ0) is 10.8. The maximum atomic E-state index is 9.83. The van der Waals surface area contributed by atoms with Gasteiger partial charge in [-0.1, -0.05) is 11.6 Å². The van der Waals surface area contributed by atoms with E-state index >= 15 is 0 Å². The van der Waals surface area contributed by atoms with Crippen molar-refractivity contribution in [2.45, 2.75) is 31.9 Å². The number of halogens is 1. The summed E-state index contributed by atoms with van der Waals surface area (Å²) in [6.45, 7) is 1.41. The number of rotatable bonds is 3. The van der Waals surface area contributed by atoms with Gasteiger partial charge in [0.2, 0.25) is 0 Å². The molecule has 1 unspecified atom stereocenters. The molecular weight excluding hydrogens is 214 g/mol. The van der Waals surface area contributed by atoms with Crippen LogP contribution in [0.25, 0.3) is 0 Å². The predicted octanol–water partition coefficient (Wildman–Crippen LogP) is 1.13. The first-order valence-corrected chi connectivity index (χ1v) is 5.69. The van der Waals surface area contributed by atoms with Crippen molar-refractivity contribution in [1.29, 1.82) is 0 Å². The van der Waals surface area contributed by atoms with Crippen molar-refractivity contribution < 1.29 is 5.11 Å². The number of hydrogen-bond acceptors (Lipinski definition) is 3. The molecule has 0 bridgehead atoms. The quantitative estimate of drug-likeness (QED) is 0.817. The van der Waals surface area contributed by atoms with Crippen LogP contribution in [-0.2, 0) is 13.0 Å². The molecule has 0 radical (unpaired) electrons. The summed E-state index contributed by atoms with van der Waals surface area (Å²) in [6.07, 6.45) is 2.66. The van der Waals surface area contributed by atoms with E-state index in [1.165, 1.54) is 0 Å². The molecule has 1 aromatic rings. The van der Waals surface area contributed by atoms with Gasteiger partial charge in [0.15, 0.2) is 0 Å². The Balaban J connectivity index is 2.28. The highest BCUT2D eigenvalue weighted by molar-refractivity contribution is 6.30. The number of aryl methyl sites for hydroxylation is 1. The maximum Gasteiger partial charge on any atom is 0.134 e. The van der Waals surface area contributed by atoms with Crippen LogP contribution in [0.1, 0.15) is 30.5 Å². The minimum absolute atomic E-state index is 0.482. The molecule has 5 heteroatoms. The highest BCUT2D eigenvalue weighted by Gasteiger charge is 2.22. The average molecular weight is 230 g/mol. The summed E-state index contributed by atoms with van der Waals surface area (Å²) in [5, 5.41) is 13.3. The number of nitrogens with one attached hydrogen (secondary N) is 1. The predicted molar refractivity (Wildman–Crippen MR) is 59.1 cm³/mol. The van der Waals surface area contributed by atoms with Gasteiger partial charge < -0.3 is 15.0 Å². The van der Waals surface area contributed by atoms with Crippen molar-refractivity contribution in [1.82, 2.24) is 14.9 Å². The summed E-state index contributed by atoms with van der Waals surface area (Å²) < 4.78 is 2.01. The van der Waals surface area contributed by atoms with Crippen molar-refractivity contribution in [3.8, 4) is 0 Å². The van der Waals surface area contributed by atoms with Crippen molar-refractivity contribution in [2.24, 2.45) is 0 Å². The molecule has 84 valence electrons. The Bertz CT molecular complexity index is 351. The molecule has 2 heterocycles. The topological polar surface area (TPSA) is 50.1 Å². The highest BCUT2D eigenvalue weighted by Crippen LogP contribution is 2.27. The van der Waals surface area contributed by atoms with Crippen molar-refractivity contribution in [3.05, 3.63) is 16.7 Å². The number of hydrogen-bond donors (Lipinski definition) is 2. The fraction of sp³-hybridized carbons (Fsp3) is 0.700. The number of aromatic nitrogens is 2. The van der Waals surface area contributed by atoms with Gasteiger partial charge in [-0.2, -0.15) is 0 Å². The second kappa shape index (κ2) is 4.51. The SMILES string of the molecule is CNCC(O)c1nc2n(c1Cl)CCCC2. The third-order valence-electron chi connectivity index (χ3n) is 2.75.